The molecule has 2 atom stereocenters. The number of halogens is 1. The molecule has 10 nitrogen and oxygen atoms in total. The minimum Gasteiger partial charge on any atom is -0.381 e. The number of anilines is 1. The number of nitrogens with zero attached hydrogens (tertiary/aromatic N) is 1. The molecule has 0 aromatic heterocycles. The van der Waals surface area contributed by atoms with Gasteiger partial charge in [-0.15, -0.1) is 0 Å². The Morgan fingerprint density at radius 1 is 1.13 bits per heavy atom. The van der Waals surface area contributed by atoms with E-state index in [1.165, 1.54) is 17.0 Å². The fraction of sp³-hybridized carbons (Fsp3) is 0.429. The Morgan fingerprint density at radius 2 is 1.87 bits per heavy atom. The number of ether oxygens (including phenoxy) is 1. The molecule has 0 bridgehead atoms. The molecule has 5 N–H and O–H groups in total. The van der Waals surface area contributed by atoms with Crippen molar-refractivity contribution in [2.75, 3.05) is 31.6 Å². The number of benzene rings is 2. The molecule has 1 fully saturated rings. The fourth-order valence-corrected chi connectivity index (χ4v) is 5.01. The third-order valence-electron chi connectivity index (χ3n) is 7.09. The van der Waals surface area contributed by atoms with Crippen molar-refractivity contribution in [3.05, 3.63) is 65.0 Å². The van der Waals surface area contributed by atoms with Gasteiger partial charge in [0.05, 0.1) is 5.69 Å². The van der Waals surface area contributed by atoms with Gasteiger partial charge in [-0.3, -0.25) is 19.2 Å². The van der Waals surface area contributed by atoms with Crippen LogP contribution in [0.25, 0.3) is 0 Å². The minimum absolute atomic E-state index is 0.143. The van der Waals surface area contributed by atoms with Gasteiger partial charge in [0.2, 0.25) is 11.8 Å². The lowest BCUT2D eigenvalue weighted by molar-refractivity contribution is -0.144. The predicted molar refractivity (Wildman–Crippen MR) is 142 cm³/mol. The minimum atomic E-state index is -1.05. The van der Waals surface area contributed by atoms with Crippen molar-refractivity contribution in [2.45, 2.75) is 44.8 Å². The van der Waals surface area contributed by atoms with Crippen molar-refractivity contribution in [2.24, 2.45) is 11.7 Å². The molecule has 0 unspecified atom stereocenters. The number of fused-ring (bicyclic) bond motifs is 1. The maximum absolute atomic E-state index is 14.7. The number of nitrogens with one attached hydrogen (secondary N) is 3. The summed E-state index contributed by atoms with van der Waals surface area (Å²) < 4.78 is 20.2. The van der Waals surface area contributed by atoms with Gasteiger partial charge in [-0.05, 0) is 48.1 Å². The zero-order valence-electron chi connectivity index (χ0n) is 21.9. The quantitative estimate of drug-likeness (QED) is 0.383. The van der Waals surface area contributed by atoms with E-state index in [4.69, 9.17) is 10.5 Å². The summed E-state index contributed by atoms with van der Waals surface area (Å²) in [6.45, 7) is 3.33. The Hall–Kier alpha value is -3.83. The summed E-state index contributed by atoms with van der Waals surface area (Å²) in [7, 11) is 0. The van der Waals surface area contributed by atoms with Crippen LogP contribution in [0.4, 0.5) is 10.1 Å². The number of carbonyl (C=O) groups is 4. The highest BCUT2D eigenvalue weighted by atomic mass is 19.1. The molecule has 0 aliphatic carbocycles. The first-order valence-electron chi connectivity index (χ1n) is 13.2. The Balaban J connectivity index is 1.62. The van der Waals surface area contributed by atoms with E-state index in [0.29, 0.717) is 31.6 Å². The molecule has 208 valence electrons. The van der Waals surface area contributed by atoms with Gasteiger partial charge in [-0.2, -0.15) is 0 Å². The molecule has 11 heteroatoms. The summed E-state index contributed by atoms with van der Waals surface area (Å²) in [6.07, 6.45) is 1.41. The van der Waals surface area contributed by atoms with Crippen LogP contribution in [0.3, 0.4) is 0 Å². The maximum atomic E-state index is 14.7. The lowest BCUT2D eigenvalue weighted by Gasteiger charge is -2.34. The van der Waals surface area contributed by atoms with Gasteiger partial charge in [-0.25, -0.2) is 4.39 Å². The van der Waals surface area contributed by atoms with Gasteiger partial charge in [-0.1, -0.05) is 31.2 Å². The molecular formula is C28H34FN5O5. The van der Waals surface area contributed by atoms with Gasteiger partial charge in [0.1, 0.15) is 17.9 Å². The number of nitrogens with two attached hydrogens (primary N) is 1. The molecule has 4 amide bonds. The van der Waals surface area contributed by atoms with Crippen LogP contribution in [0, 0.1) is 11.7 Å². The Labute approximate surface area is 226 Å². The molecule has 2 heterocycles. The van der Waals surface area contributed by atoms with Crippen LogP contribution in [-0.4, -0.2) is 60.9 Å². The topological polar surface area (TPSA) is 143 Å². The van der Waals surface area contributed by atoms with Gasteiger partial charge < -0.3 is 31.3 Å². The summed E-state index contributed by atoms with van der Waals surface area (Å²) in [5.74, 6) is -2.59. The molecule has 2 aromatic rings. The van der Waals surface area contributed by atoms with Crippen LogP contribution in [0.15, 0.2) is 42.5 Å². The Kier molecular flexibility index (Phi) is 9.26. The first kappa shape index (κ1) is 28.2. The van der Waals surface area contributed by atoms with E-state index in [-0.39, 0.29) is 55.0 Å². The average molecular weight is 540 g/mol. The highest BCUT2D eigenvalue weighted by molar-refractivity contribution is 6.01. The second kappa shape index (κ2) is 12.8. The van der Waals surface area contributed by atoms with E-state index in [1.54, 1.807) is 19.1 Å². The summed E-state index contributed by atoms with van der Waals surface area (Å²) in [5.41, 5.74) is 6.81. The maximum Gasteiger partial charge on any atom is 0.251 e. The van der Waals surface area contributed by atoms with E-state index < -0.39 is 29.7 Å². The van der Waals surface area contributed by atoms with Crippen LogP contribution in [0.2, 0.25) is 0 Å². The van der Waals surface area contributed by atoms with Crippen molar-refractivity contribution in [1.82, 2.24) is 15.5 Å². The number of hydrogen-bond donors (Lipinski definition) is 4. The van der Waals surface area contributed by atoms with Crippen molar-refractivity contribution < 1.29 is 28.3 Å². The van der Waals surface area contributed by atoms with Crippen LogP contribution in [-0.2, 0) is 25.7 Å². The molecule has 0 radical (unpaired) electrons. The second-order valence-corrected chi connectivity index (χ2v) is 9.64. The predicted octanol–water partition coefficient (Wildman–Crippen LogP) is 1.86. The van der Waals surface area contributed by atoms with Crippen molar-refractivity contribution >= 4 is 29.3 Å². The first-order valence-corrected chi connectivity index (χ1v) is 13.2. The zero-order chi connectivity index (χ0) is 27.9. The fourth-order valence-electron chi connectivity index (χ4n) is 5.01. The van der Waals surface area contributed by atoms with E-state index in [2.05, 4.69) is 16.0 Å². The Morgan fingerprint density at radius 3 is 2.59 bits per heavy atom. The molecule has 39 heavy (non-hydrogen) atoms. The second-order valence-electron chi connectivity index (χ2n) is 9.64. The number of amides is 4. The van der Waals surface area contributed by atoms with Gasteiger partial charge in [0.25, 0.3) is 11.8 Å². The monoisotopic (exact) mass is 539 g/mol. The summed E-state index contributed by atoms with van der Waals surface area (Å²) in [4.78, 5) is 53.8. The molecule has 0 spiro atoms. The lowest BCUT2D eigenvalue weighted by Crippen LogP contribution is -2.53. The third kappa shape index (κ3) is 6.43. The van der Waals surface area contributed by atoms with Crippen molar-refractivity contribution in [1.29, 1.82) is 0 Å². The first-order chi connectivity index (χ1) is 18.8. The van der Waals surface area contributed by atoms with Crippen LogP contribution < -0.4 is 21.7 Å². The SMILES string of the molecule is CCC(=O)N[C@H](C(=O)N1Cc2ccccc2[C@H]1C(=O)Nc1cc(C(=O)NCCN)ccc1F)C1CCOCC1. The van der Waals surface area contributed by atoms with Crippen molar-refractivity contribution in [3.8, 4) is 0 Å². The number of hydrogen-bond acceptors (Lipinski definition) is 6. The largest absolute Gasteiger partial charge is 0.381 e. The smallest absolute Gasteiger partial charge is 0.251 e. The van der Waals surface area contributed by atoms with E-state index in [1.807, 2.05) is 12.1 Å². The van der Waals surface area contributed by atoms with Crippen LogP contribution >= 0.6 is 0 Å². The number of rotatable bonds is 9. The highest BCUT2D eigenvalue weighted by Gasteiger charge is 2.43. The van der Waals surface area contributed by atoms with Crippen molar-refractivity contribution in [3.63, 3.8) is 0 Å². The average Bonchev–Trinajstić information content (AvgIpc) is 3.35. The van der Waals surface area contributed by atoms with E-state index in [0.717, 1.165) is 11.6 Å². The molecule has 1 saturated heterocycles. The summed E-state index contributed by atoms with van der Waals surface area (Å²) >= 11 is 0. The summed E-state index contributed by atoms with van der Waals surface area (Å²) in [6, 6.07) is 8.96. The molecular weight excluding hydrogens is 505 g/mol. The summed E-state index contributed by atoms with van der Waals surface area (Å²) in [5, 5.41) is 8.05. The van der Waals surface area contributed by atoms with Gasteiger partial charge in [0.15, 0.2) is 0 Å². The molecule has 2 aliphatic rings. The Bertz CT molecular complexity index is 1230. The van der Waals surface area contributed by atoms with E-state index >= 15 is 0 Å². The molecule has 4 rings (SSSR count). The highest BCUT2D eigenvalue weighted by Crippen LogP contribution is 2.36. The zero-order valence-corrected chi connectivity index (χ0v) is 21.9. The molecule has 2 aliphatic heterocycles. The van der Waals surface area contributed by atoms with Gasteiger partial charge in [0, 0.05) is 44.8 Å². The molecule has 2 aromatic carbocycles. The molecule has 0 saturated carbocycles. The van der Waals surface area contributed by atoms with E-state index in [9.17, 15) is 23.6 Å². The third-order valence-corrected chi connectivity index (χ3v) is 7.09. The normalized spacial score (nSPS) is 17.7. The van der Waals surface area contributed by atoms with Crippen LogP contribution in [0.5, 0.6) is 0 Å². The van der Waals surface area contributed by atoms with Crippen LogP contribution in [0.1, 0.15) is 53.7 Å². The van der Waals surface area contributed by atoms with Gasteiger partial charge >= 0.3 is 0 Å². The standard InChI is InChI=1S/C28H34FN5O5/c1-2-23(35)33-24(17-9-13-39-14-10-17)28(38)34-16-19-5-3-4-6-20(19)25(34)27(37)32-22-15-18(7-8-21(22)29)26(36)31-12-11-30/h3-8,15,17,24-25H,2,9-14,16,30H2,1H3,(H,31,36)(H,32,37)(H,33,35)/t24-,25-/m0/s1. The lowest BCUT2D eigenvalue weighted by atomic mass is 9.90. The number of carbonyl (C=O) groups excluding carboxylic acids is 4.